The van der Waals surface area contributed by atoms with E-state index < -0.39 is 0 Å². The van der Waals surface area contributed by atoms with E-state index in [0.29, 0.717) is 0 Å². The molecule has 0 atom stereocenters. The normalized spacial score (nSPS) is 11.2. The third-order valence-corrected chi connectivity index (χ3v) is 2.28. The minimum atomic E-state index is 0.0468. The summed E-state index contributed by atoms with van der Waals surface area (Å²) in [5.74, 6) is 0.840. The Hall–Kier alpha value is -1.48. The highest BCUT2D eigenvalue weighted by Gasteiger charge is 2.04. The lowest BCUT2D eigenvalue weighted by atomic mass is 10.2. The third kappa shape index (κ3) is 1.97. The zero-order valence-electron chi connectivity index (χ0n) is 8.95. The molecule has 2 rings (SSSR count). The van der Waals surface area contributed by atoms with E-state index in [9.17, 15) is 0 Å². The molecule has 0 spiro atoms. The van der Waals surface area contributed by atoms with Crippen molar-refractivity contribution in [3.05, 3.63) is 30.0 Å². The summed E-state index contributed by atoms with van der Waals surface area (Å²) >= 11 is 0. The lowest BCUT2D eigenvalue weighted by Crippen LogP contribution is -2.05. The van der Waals surface area contributed by atoms with Gasteiger partial charge in [-0.05, 0) is 32.0 Å². The molecule has 1 aromatic carbocycles. The van der Waals surface area contributed by atoms with Crippen molar-refractivity contribution in [3.63, 3.8) is 0 Å². The zero-order valence-corrected chi connectivity index (χ0v) is 8.95. The number of fused-ring (bicyclic) bond motifs is 1. The molecule has 15 heavy (non-hydrogen) atoms. The summed E-state index contributed by atoms with van der Waals surface area (Å²) < 4.78 is 5.60. The van der Waals surface area contributed by atoms with Crippen molar-refractivity contribution < 1.29 is 9.84 Å². The second-order valence-corrected chi connectivity index (χ2v) is 3.85. The first-order valence-electron chi connectivity index (χ1n) is 5.08. The second kappa shape index (κ2) is 3.95. The standard InChI is InChI=1S/C12H15NO2/c1-8(2)15-10-3-4-12-11(5-10)9(7-14)6-13-12/h3-6,8,13-14H,7H2,1-2H3. The number of hydrogen-bond acceptors (Lipinski definition) is 2. The first kappa shape index (κ1) is 10.1. The Bertz CT molecular complexity index is 460. The van der Waals surface area contributed by atoms with Crippen LogP contribution >= 0.6 is 0 Å². The van der Waals surface area contributed by atoms with E-state index in [1.54, 1.807) is 0 Å². The highest BCUT2D eigenvalue weighted by molar-refractivity contribution is 5.84. The second-order valence-electron chi connectivity index (χ2n) is 3.85. The van der Waals surface area contributed by atoms with E-state index in [0.717, 1.165) is 22.2 Å². The lowest BCUT2D eigenvalue weighted by molar-refractivity contribution is 0.242. The van der Waals surface area contributed by atoms with Crippen LogP contribution in [0.3, 0.4) is 0 Å². The molecule has 0 aliphatic heterocycles. The average molecular weight is 205 g/mol. The topological polar surface area (TPSA) is 45.2 Å². The van der Waals surface area contributed by atoms with Crippen molar-refractivity contribution in [1.82, 2.24) is 4.98 Å². The summed E-state index contributed by atoms with van der Waals surface area (Å²) in [6.45, 7) is 4.04. The number of aromatic nitrogens is 1. The molecule has 0 aliphatic rings. The van der Waals surface area contributed by atoms with Crippen molar-refractivity contribution >= 4 is 10.9 Å². The predicted octanol–water partition coefficient (Wildman–Crippen LogP) is 2.45. The molecular weight excluding hydrogens is 190 g/mol. The molecule has 0 unspecified atom stereocenters. The Morgan fingerprint density at radius 3 is 2.87 bits per heavy atom. The molecule has 0 saturated carbocycles. The van der Waals surface area contributed by atoms with Crippen LogP contribution in [0.15, 0.2) is 24.4 Å². The fraction of sp³-hybridized carbons (Fsp3) is 0.333. The summed E-state index contributed by atoms with van der Waals surface area (Å²) in [5, 5.41) is 10.2. The van der Waals surface area contributed by atoms with Gasteiger partial charge in [0.2, 0.25) is 0 Å². The number of H-pyrrole nitrogens is 1. The van der Waals surface area contributed by atoms with Gasteiger partial charge in [-0.2, -0.15) is 0 Å². The third-order valence-electron chi connectivity index (χ3n) is 2.28. The monoisotopic (exact) mass is 205 g/mol. The first-order valence-corrected chi connectivity index (χ1v) is 5.08. The number of aliphatic hydroxyl groups is 1. The largest absolute Gasteiger partial charge is 0.491 e. The molecule has 0 amide bonds. The SMILES string of the molecule is CC(C)Oc1ccc2[nH]cc(CO)c2c1. The van der Waals surface area contributed by atoms with Gasteiger partial charge in [0.25, 0.3) is 0 Å². The molecule has 1 heterocycles. The highest BCUT2D eigenvalue weighted by atomic mass is 16.5. The number of rotatable bonds is 3. The maximum atomic E-state index is 9.14. The molecule has 3 nitrogen and oxygen atoms in total. The van der Waals surface area contributed by atoms with Gasteiger partial charge in [0.15, 0.2) is 0 Å². The van der Waals surface area contributed by atoms with Gasteiger partial charge in [0, 0.05) is 22.7 Å². The van der Waals surface area contributed by atoms with Crippen LogP contribution in [0, 0.1) is 0 Å². The van der Waals surface area contributed by atoms with E-state index in [1.165, 1.54) is 0 Å². The molecule has 1 aromatic heterocycles. The van der Waals surface area contributed by atoms with Crippen molar-refractivity contribution in [3.8, 4) is 5.75 Å². The predicted molar refractivity (Wildman–Crippen MR) is 60.0 cm³/mol. The van der Waals surface area contributed by atoms with E-state index >= 15 is 0 Å². The summed E-state index contributed by atoms with van der Waals surface area (Å²) in [6.07, 6.45) is 1.99. The van der Waals surface area contributed by atoms with Crippen molar-refractivity contribution in [2.75, 3.05) is 0 Å². The molecule has 0 saturated heterocycles. The van der Waals surface area contributed by atoms with E-state index in [2.05, 4.69) is 4.98 Å². The molecule has 0 fully saturated rings. The Kier molecular flexibility index (Phi) is 2.64. The molecule has 0 radical (unpaired) electrons. The molecule has 0 aliphatic carbocycles. The molecule has 0 bridgehead atoms. The molecule has 3 heteroatoms. The van der Waals surface area contributed by atoms with Gasteiger partial charge >= 0.3 is 0 Å². The molecule has 2 aromatic rings. The molecule has 2 N–H and O–H groups in total. The van der Waals surface area contributed by atoms with Crippen LogP contribution in [0.2, 0.25) is 0 Å². The number of ether oxygens (including phenoxy) is 1. The van der Waals surface area contributed by atoms with Gasteiger partial charge in [-0.25, -0.2) is 0 Å². The Morgan fingerprint density at radius 2 is 2.20 bits per heavy atom. The minimum absolute atomic E-state index is 0.0468. The van der Waals surface area contributed by atoms with Gasteiger partial charge in [-0.3, -0.25) is 0 Å². The van der Waals surface area contributed by atoms with Crippen LogP contribution in [-0.2, 0) is 6.61 Å². The number of benzene rings is 1. The summed E-state index contributed by atoms with van der Waals surface area (Å²) in [4.78, 5) is 3.10. The Morgan fingerprint density at radius 1 is 1.40 bits per heavy atom. The maximum absolute atomic E-state index is 9.14. The van der Waals surface area contributed by atoms with Crippen LogP contribution < -0.4 is 4.74 Å². The smallest absolute Gasteiger partial charge is 0.120 e. The fourth-order valence-electron chi connectivity index (χ4n) is 1.63. The van der Waals surface area contributed by atoms with Crippen LogP contribution in [-0.4, -0.2) is 16.2 Å². The van der Waals surface area contributed by atoms with Crippen molar-refractivity contribution in [1.29, 1.82) is 0 Å². The van der Waals surface area contributed by atoms with Crippen LogP contribution in [0.25, 0.3) is 10.9 Å². The van der Waals surface area contributed by atoms with Gasteiger partial charge in [0.1, 0.15) is 5.75 Å². The summed E-state index contributed by atoms with van der Waals surface area (Å²) in [5.41, 5.74) is 1.93. The molecular formula is C12H15NO2. The van der Waals surface area contributed by atoms with Crippen LogP contribution in [0.4, 0.5) is 0 Å². The molecule has 80 valence electrons. The van der Waals surface area contributed by atoms with Crippen molar-refractivity contribution in [2.24, 2.45) is 0 Å². The fourth-order valence-corrected chi connectivity index (χ4v) is 1.63. The van der Waals surface area contributed by atoms with Gasteiger partial charge in [-0.15, -0.1) is 0 Å². The van der Waals surface area contributed by atoms with Gasteiger partial charge in [0.05, 0.1) is 12.7 Å². The van der Waals surface area contributed by atoms with E-state index in [-0.39, 0.29) is 12.7 Å². The van der Waals surface area contributed by atoms with E-state index in [4.69, 9.17) is 9.84 Å². The Labute approximate surface area is 88.7 Å². The van der Waals surface area contributed by atoms with Crippen LogP contribution in [0.1, 0.15) is 19.4 Å². The lowest BCUT2D eigenvalue weighted by Gasteiger charge is -2.09. The Balaban J connectivity index is 2.43. The average Bonchev–Trinajstić information content (AvgIpc) is 2.59. The number of aliphatic hydroxyl groups excluding tert-OH is 1. The van der Waals surface area contributed by atoms with Crippen molar-refractivity contribution in [2.45, 2.75) is 26.6 Å². The first-order chi connectivity index (χ1) is 7.20. The zero-order chi connectivity index (χ0) is 10.8. The number of nitrogens with one attached hydrogen (secondary N) is 1. The summed E-state index contributed by atoms with van der Waals surface area (Å²) in [7, 11) is 0. The van der Waals surface area contributed by atoms with E-state index in [1.807, 2.05) is 38.2 Å². The van der Waals surface area contributed by atoms with Gasteiger partial charge in [-0.1, -0.05) is 0 Å². The maximum Gasteiger partial charge on any atom is 0.120 e. The van der Waals surface area contributed by atoms with Crippen LogP contribution in [0.5, 0.6) is 5.75 Å². The number of aromatic amines is 1. The highest BCUT2D eigenvalue weighted by Crippen LogP contribution is 2.24. The quantitative estimate of drug-likeness (QED) is 0.808. The summed E-state index contributed by atoms with van der Waals surface area (Å²) in [6, 6.07) is 5.85. The van der Waals surface area contributed by atoms with Gasteiger partial charge < -0.3 is 14.8 Å². The number of hydrogen-bond donors (Lipinski definition) is 2. The minimum Gasteiger partial charge on any atom is -0.491 e.